The van der Waals surface area contributed by atoms with E-state index in [4.69, 9.17) is 0 Å². The van der Waals surface area contributed by atoms with Crippen LogP contribution >= 0.6 is 0 Å². The van der Waals surface area contributed by atoms with Gasteiger partial charge in [-0.25, -0.2) is 0 Å². The highest BCUT2D eigenvalue weighted by molar-refractivity contribution is 5.92. The predicted octanol–water partition coefficient (Wildman–Crippen LogP) is 1.82. The van der Waals surface area contributed by atoms with Crippen molar-refractivity contribution in [2.75, 3.05) is 13.1 Å². The number of nitrogens with one attached hydrogen (secondary N) is 2. The minimum Gasteiger partial charge on any atom is -0.389 e. The van der Waals surface area contributed by atoms with Gasteiger partial charge in [0.1, 0.15) is 0 Å². The maximum absolute atomic E-state index is 11.8. The SMILES string of the molecule is O=C(C=Cc1cccc([N+](=O)[O-])c1)NCC(O)CNC(=O)C=Cc1cccc([N+](=O)[O-])c1. The summed E-state index contributed by atoms with van der Waals surface area (Å²) in [6, 6.07) is 11.5. The molecule has 0 aliphatic heterocycles. The van der Waals surface area contributed by atoms with Gasteiger partial charge in [-0.15, -0.1) is 0 Å². The molecule has 0 saturated heterocycles. The Morgan fingerprint density at radius 2 is 1.25 bits per heavy atom. The van der Waals surface area contributed by atoms with Crippen molar-refractivity contribution in [1.29, 1.82) is 0 Å². The van der Waals surface area contributed by atoms with Crippen molar-refractivity contribution >= 4 is 35.3 Å². The van der Waals surface area contributed by atoms with E-state index in [0.717, 1.165) is 0 Å². The Morgan fingerprint density at radius 1 is 0.844 bits per heavy atom. The lowest BCUT2D eigenvalue weighted by Crippen LogP contribution is -2.39. The van der Waals surface area contributed by atoms with E-state index in [1.54, 1.807) is 12.1 Å². The molecule has 0 fully saturated rings. The lowest BCUT2D eigenvalue weighted by molar-refractivity contribution is -0.385. The third kappa shape index (κ3) is 8.16. The largest absolute Gasteiger partial charge is 0.389 e. The number of rotatable bonds is 10. The first kappa shape index (κ1) is 23.9. The summed E-state index contributed by atoms with van der Waals surface area (Å²) in [5, 5.41) is 36.3. The van der Waals surface area contributed by atoms with Gasteiger partial charge in [0.05, 0.1) is 16.0 Å². The molecule has 2 aromatic carbocycles. The van der Waals surface area contributed by atoms with Crippen molar-refractivity contribution in [1.82, 2.24) is 10.6 Å². The molecule has 0 aromatic heterocycles. The molecule has 0 saturated carbocycles. The molecule has 0 aliphatic carbocycles. The van der Waals surface area contributed by atoms with Crippen LogP contribution in [0, 0.1) is 20.2 Å². The number of hydrogen-bond acceptors (Lipinski definition) is 7. The van der Waals surface area contributed by atoms with Gasteiger partial charge in [0.25, 0.3) is 11.4 Å². The molecule has 0 radical (unpaired) electrons. The summed E-state index contributed by atoms with van der Waals surface area (Å²) in [5.74, 6) is -1.04. The van der Waals surface area contributed by atoms with E-state index in [1.165, 1.54) is 60.7 Å². The Labute approximate surface area is 182 Å². The molecular weight excluding hydrogens is 420 g/mol. The lowest BCUT2D eigenvalue weighted by atomic mass is 10.2. The minimum atomic E-state index is -1.06. The fourth-order valence-electron chi connectivity index (χ4n) is 2.45. The standard InChI is InChI=1S/C21H20N4O7/c26-19(13-22-20(27)9-7-15-3-1-5-17(11-15)24(29)30)14-23-21(28)10-8-16-4-2-6-18(12-16)25(31)32/h1-12,19,26H,13-14H2,(H,22,27)(H,23,28). The van der Waals surface area contributed by atoms with Gasteiger partial charge in [-0.2, -0.15) is 0 Å². The number of aliphatic hydroxyl groups is 1. The van der Waals surface area contributed by atoms with E-state index >= 15 is 0 Å². The van der Waals surface area contributed by atoms with Gasteiger partial charge in [0.2, 0.25) is 11.8 Å². The second kappa shape index (κ2) is 11.7. The van der Waals surface area contributed by atoms with E-state index in [1.807, 2.05) is 0 Å². The average molecular weight is 440 g/mol. The molecule has 0 atom stereocenters. The van der Waals surface area contributed by atoms with Gasteiger partial charge in [-0.1, -0.05) is 24.3 Å². The first-order valence-electron chi connectivity index (χ1n) is 9.33. The van der Waals surface area contributed by atoms with Crippen molar-refractivity contribution < 1.29 is 24.5 Å². The fraction of sp³-hybridized carbons (Fsp3) is 0.143. The highest BCUT2D eigenvalue weighted by atomic mass is 16.6. The first-order chi connectivity index (χ1) is 15.2. The van der Waals surface area contributed by atoms with Crippen LogP contribution in [0.4, 0.5) is 11.4 Å². The number of hydrogen-bond donors (Lipinski definition) is 3. The Morgan fingerprint density at radius 3 is 1.62 bits per heavy atom. The number of nitro benzene ring substituents is 2. The van der Waals surface area contributed by atoms with Crippen molar-refractivity contribution in [2.45, 2.75) is 6.10 Å². The van der Waals surface area contributed by atoms with E-state index < -0.39 is 27.8 Å². The van der Waals surface area contributed by atoms with Crippen LogP contribution in [0.2, 0.25) is 0 Å². The molecule has 0 spiro atoms. The Bertz CT molecular complexity index is 982. The number of amides is 2. The number of carbonyl (C=O) groups is 2. The minimum absolute atomic E-state index is 0.0988. The topological polar surface area (TPSA) is 165 Å². The molecule has 0 aliphatic rings. The summed E-state index contributed by atoms with van der Waals surface area (Å²) in [6.45, 7) is -0.264. The van der Waals surface area contributed by atoms with Crippen LogP contribution in [0.15, 0.2) is 60.7 Å². The van der Waals surface area contributed by atoms with Crippen LogP contribution in [0.3, 0.4) is 0 Å². The Hall–Kier alpha value is -4.38. The molecule has 11 heteroatoms. The molecule has 0 heterocycles. The number of non-ortho nitro benzene ring substituents is 2. The van der Waals surface area contributed by atoms with Crippen LogP contribution in [0.5, 0.6) is 0 Å². The van der Waals surface area contributed by atoms with Crippen LogP contribution in [0.1, 0.15) is 11.1 Å². The number of nitrogens with zero attached hydrogens (tertiary/aromatic N) is 2. The Balaban J connectivity index is 1.75. The van der Waals surface area contributed by atoms with E-state index in [-0.39, 0.29) is 24.5 Å². The van der Waals surface area contributed by atoms with Crippen molar-refractivity contribution in [3.63, 3.8) is 0 Å². The van der Waals surface area contributed by atoms with Crippen LogP contribution < -0.4 is 10.6 Å². The maximum atomic E-state index is 11.8. The zero-order valence-corrected chi connectivity index (χ0v) is 16.7. The quantitative estimate of drug-likeness (QED) is 0.288. The molecule has 0 bridgehead atoms. The third-order valence-corrected chi connectivity index (χ3v) is 4.04. The van der Waals surface area contributed by atoms with Crippen molar-refractivity contribution in [3.8, 4) is 0 Å². The summed E-state index contributed by atoms with van der Waals surface area (Å²) in [4.78, 5) is 44.1. The summed E-state index contributed by atoms with van der Waals surface area (Å²) >= 11 is 0. The van der Waals surface area contributed by atoms with Gasteiger partial charge in [-0.3, -0.25) is 29.8 Å². The van der Waals surface area contributed by atoms with Gasteiger partial charge >= 0.3 is 0 Å². The van der Waals surface area contributed by atoms with Crippen LogP contribution in [0.25, 0.3) is 12.2 Å². The number of benzene rings is 2. The molecule has 3 N–H and O–H groups in total. The van der Waals surface area contributed by atoms with Crippen molar-refractivity contribution in [2.24, 2.45) is 0 Å². The van der Waals surface area contributed by atoms with Gasteiger partial charge in [0.15, 0.2) is 0 Å². The van der Waals surface area contributed by atoms with Crippen LogP contribution in [-0.2, 0) is 9.59 Å². The normalized spacial score (nSPS) is 11.9. The molecule has 2 aromatic rings. The highest BCUT2D eigenvalue weighted by Crippen LogP contribution is 2.14. The highest BCUT2D eigenvalue weighted by Gasteiger charge is 2.08. The monoisotopic (exact) mass is 440 g/mol. The number of carbonyl (C=O) groups excluding carboxylic acids is 2. The molecule has 2 amide bonds. The Kier molecular flexibility index (Phi) is 8.75. The predicted molar refractivity (Wildman–Crippen MR) is 116 cm³/mol. The zero-order chi connectivity index (χ0) is 23.5. The van der Waals surface area contributed by atoms with Gasteiger partial charge in [0, 0.05) is 49.5 Å². The number of aliphatic hydroxyl groups excluding tert-OH is 1. The van der Waals surface area contributed by atoms with E-state index in [2.05, 4.69) is 10.6 Å². The second-order valence-electron chi connectivity index (χ2n) is 6.51. The van der Waals surface area contributed by atoms with E-state index in [9.17, 15) is 34.9 Å². The smallest absolute Gasteiger partial charge is 0.270 e. The van der Waals surface area contributed by atoms with Gasteiger partial charge < -0.3 is 15.7 Å². The third-order valence-electron chi connectivity index (χ3n) is 4.04. The zero-order valence-electron chi connectivity index (χ0n) is 16.7. The molecule has 11 nitrogen and oxygen atoms in total. The first-order valence-corrected chi connectivity index (χ1v) is 9.33. The van der Waals surface area contributed by atoms with Crippen molar-refractivity contribution in [3.05, 3.63) is 92.0 Å². The van der Waals surface area contributed by atoms with Gasteiger partial charge in [-0.05, 0) is 23.3 Å². The summed E-state index contributed by atoms with van der Waals surface area (Å²) in [5.41, 5.74) is 0.743. The molecule has 166 valence electrons. The maximum Gasteiger partial charge on any atom is 0.270 e. The fourth-order valence-corrected chi connectivity index (χ4v) is 2.45. The van der Waals surface area contributed by atoms with E-state index in [0.29, 0.717) is 11.1 Å². The molecule has 2 rings (SSSR count). The average Bonchev–Trinajstić information content (AvgIpc) is 2.79. The second-order valence-corrected chi connectivity index (χ2v) is 6.51. The number of nitro groups is 2. The molecule has 0 unspecified atom stereocenters. The summed E-state index contributed by atoms with van der Waals surface area (Å²) in [7, 11) is 0. The summed E-state index contributed by atoms with van der Waals surface area (Å²) < 4.78 is 0. The molecule has 32 heavy (non-hydrogen) atoms. The van der Waals surface area contributed by atoms with Crippen LogP contribution in [-0.4, -0.2) is 46.0 Å². The lowest BCUT2D eigenvalue weighted by Gasteiger charge is -2.11. The molecular formula is C21H20N4O7. The summed E-state index contributed by atoms with van der Waals surface area (Å²) in [6.07, 6.45) is 4.09.